The van der Waals surface area contributed by atoms with Crippen molar-refractivity contribution in [2.45, 2.75) is 32.0 Å². The van der Waals surface area contributed by atoms with E-state index in [4.69, 9.17) is 4.74 Å². The maximum absolute atomic E-state index is 11.8. The lowest BCUT2D eigenvalue weighted by atomic mass is 10.2. The number of carbonyl (C=O) groups is 1. The number of hydrogen-bond donors (Lipinski definition) is 0. The number of rotatable bonds is 3. The molecule has 108 valence electrons. The van der Waals surface area contributed by atoms with E-state index < -0.39 is 0 Å². The number of nitrogens with zero attached hydrogens (tertiary/aromatic N) is 2. The highest BCUT2D eigenvalue weighted by Crippen LogP contribution is 2.19. The lowest BCUT2D eigenvalue weighted by Gasteiger charge is -2.26. The number of ether oxygens (including phenoxy) is 1. The first-order chi connectivity index (χ1) is 9.83. The molecule has 0 aliphatic carbocycles. The summed E-state index contributed by atoms with van der Waals surface area (Å²) >= 11 is 0. The summed E-state index contributed by atoms with van der Waals surface area (Å²) < 4.78 is 5.89. The van der Waals surface area contributed by atoms with Crippen molar-refractivity contribution >= 4 is 5.91 Å². The van der Waals surface area contributed by atoms with Crippen LogP contribution in [0.1, 0.15) is 24.8 Å². The van der Waals surface area contributed by atoms with Gasteiger partial charge in [-0.05, 0) is 12.0 Å². The van der Waals surface area contributed by atoms with Crippen LogP contribution in [0.3, 0.4) is 0 Å². The maximum Gasteiger partial charge on any atom is 0.224 e. The fourth-order valence-corrected chi connectivity index (χ4v) is 3.03. The largest absolute Gasteiger partial charge is 0.357 e. The van der Waals surface area contributed by atoms with Crippen LogP contribution >= 0.6 is 0 Å². The highest BCUT2D eigenvalue weighted by atomic mass is 16.5. The molecule has 2 aliphatic heterocycles. The van der Waals surface area contributed by atoms with Crippen molar-refractivity contribution in [3.05, 3.63) is 35.9 Å². The van der Waals surface area contributed by atoms with Crippen molar-refractivity contribution in [2.75, 3.05) is 26.2 Å². The van der Waals surface area contributed by atoms with Crippen molar-refractivity contribution in [2.24, 2.45) is 0 Å². The lowest BCUT2D eigenvalue weighted by Crippen LogP contribution is -2.38. The van der Waals surface area contributed by atoms with Gasteiger partial charge in [0.05, 0.1) is 6.61 Å². The van der Waals surface area contributed by atoms with E-state index in [0.717, 1.165) is 39.0 Å². The fraction of sp³-hybridized carbons (Fsp3) is 0.562. The van der Waals surface area contributed by atoms with Gasteiger partial charge < -0.3 is 9.64 Å². The Morgan fingerprint density at radius 1 is 1.15 bits per heavy atom. The summed E-state index contributed by atoms with van der Waals surface area (Å²) in [5.41, 5.74) is 1.34. The zero-order valence-electron chi connectivity index (χ0n) is 11.8. The number of amides is 1. The first-order valence-corrected chi connectivity index (χ1v) is 7.50. The first-order valence-electron chi connectivity index (χ1n) is 7.50. The highest BCUT2D eigenvalue weighted by molar-refractivity contribution is 5.78. The molecule has 0 spiro atoms. The molecule has 4 heteroatoms. The summed E-state index contributed by atoms with van der Waals surface area (Å²) in [6.07, 6.45) is 2.57. The Morgan fingerprint density at radius 3 is 2.75 bits per heavy atom. The van der Waals surface area contributed by atoms with Crippen molar-refractivity contribution in [1.82, 2.24) is 9.80 Å². The predicted molar refractivity (Wildman–Crippen MR) is 77.0 cm³/mol. The third-order valence-electron chi connectivity index (χ3n) is 4.12. The topological polar surface area (TPSA) is 32.8 Å². The monoisotopic (exact) mass is 274 g/mol. The van der Waals surface area contributed by atoms with E-state index in [9.17, 15) is 4.79 Å². The summed E-state index contributed by atoms with van der Waals surface area (Å²) in [5.74, 6) is 0.256. The molecule has 2 aliphatic rings. The Labute approximate surface area is 120 Å². The second kappa shape index (κ2) is 6.37. The summed E-state index contributed by atoms with van der Waals surface area (Å²) in [6, 6.07) is 10.5. The maximum atomic E-state index is 11.8. The molecular weight excluding hydrogens is 252 g/mol. The van der Waals surface area contributed by atoms with Gasteiger partial charge in [0.25, 0.3) is 0 Å². The SMILES string of the molecule is O=C1CCCN1C1CCN(Cc2ccccc2)CCO1. The molecule has 0 radical (unpaired) electrons. The second-order valence-corrected chi connectivity index (χ2v) is 5.57. The minimum atomic E-state index is -0.00854. The molecule has 1 atom stereocenters. The van der Waals surface area contributed by atoms with Crippen LogP contribution in [0.4, 0.5) is 0 Å². The third-order valence-corrected chi connectivity index (χ3v) is 4.12. The molecule has 20 heavy (non-hydrogen) atoms. The smallest absolute Gasteiger partial charge is 0.224 e. The van der Waals surface area contributed by atoms with Gasteiger partial charge in [0.2, 0.25) is 5.91 Å². The van der Waals surface area contributed by atoms with Crippen molar-refractivity contribution in [1.29, 1.82) is 0 Å². The van der Waals surface area contributed by atoms with Crippen LogP contribution in [0.25, 0.3) is 0 Å². The predicted octanol–water partition coefficient (Wildman–Crippen LogP) is 1.86. The fourth-order valence-electron chi connectivity index (χ4n) is 3.03. The van der Waals surface area contributed by atoms with Gasteiger partial charge in [-0.15, -0.1) is 0 Å². The molecule has 2 heterocycles. The molecular formula is C16H22N2O2. The van der Waals surface area contributed by atoms with E-state index in [2.05, 4.69) is 29.2 Å². The second-order valence-electron chi connectivity index (χ2n) is 5.57. The van der Waals surface area contributed by atoms with Gasteiger partial charge in [0.1, 0.15) is 6.23 Å². The quantitative estimate of drug-likeness (QED) is 0.843. The highest BCUT2D eigenvalue weighted by Gasteiger charge is 2.30. The first kappa shape index (κ1) is 13.6. The molecule has 0 bridgehead atoms. The number of likely N-dealkylation sites (tertiary alicyclic amines) is 1. The van der Waals surface area contributed by atoms with Crippen molar-refractivity contribution in [3.8, 4) is 0 Å². The normalized spacial score (nSPS) is 24.9. The number of hydrogen-bond acceptors (Lipinski definition) is 3. The Kier molecular flexibility index (Phi) is 4.33. The van der Waals surface area contributed by atoms with Gasteiger partial charge >= 0.3 is 0 Å². The van der Waals surface area contributed by atoms with Gasteiger partial charge in [-0.25, -0.2) is 0 Å². The van der Waals surface area contributed by atoms with E-state index in [-0.39, 0.29) is 12.1 Å². The summed E-state index contributed by atoms with van der Waals surface area (Å²) in [7, 11) is 0. The molecule has 4 nitrogen and oxygen atoms in total. The van der Waals surface area contributed by atoms with Gasteiger partial charge in [-0.2, -0.15) is 0 Å². The zero-order chi connectivity index (χ0) is 13.8. The van der Waals surface area contributed by atoms with Crippen molar-refractivity contribution in [3.63, 3.8) is 0 Å². The number of carbonyl (C=O) groups excluding carboxylic acids is 1. The van der Waals surface area contributed by atoms with E-state index >= 15 is 0 Å². The van der Waals surface area contributed by atoms with Crippen LogP contribution < -0.4 is 0 Å². The van der Waals surface area contributed by atoms with Crippen LogP contribution in [-0.4, -0.2) is 48.2 Å². The van der Waals surface area contributed by atoms with Gasteiger partial charge in [-0.1, -0.05) is 30.3 Å². The average Bonchev–Trinajstić information content (AvgIpc) is 2.76. The molecule has 1 unspecified atom stereocenters. The molecule has 1 amide bonds. The van der Waals surface area contributed by atoms with Crippen LogP contribution in [0.2, 0.25) is 0 Å². The van der Waals surface area contributed by atoms with Gasteiger partial charge in [0.15, 0.2) is 0 Å². The van der Waals surface area contributed by atoms with Crippen LogP contribution in [0.5, 0.6) is 0 Å². The van der Waals surface area contributed by atoms with E-state index in [1.54, 1.807) is 0 Å². The summed E-state index contributed by atoms with van der Waals surface area (Å²) in [4.78, 5) is 16.1. The molecule has 1 aromatic carbocycles. The van der Waals surface area contributed by atoms with Gasteiger partial charge in [0, 0.05) is 39.0 Å². The standard InChI is InChI=1S/C16H22N2O2/c19-15-7-4-9-18(15)16-8-10-17(11-12-20-16)13-14-5-2-1-3-6-14/h1-3,5-6,16H,4,7-13H2. The van der Waals surface area contributed by atoms with Crippen molar-refractivity contribution < 1.29 is 9.53 Å². The van der Waals surface area contributed by atoms with E-state index in [0.29, 0.717) is 13.0 Å². The molecule has 2 saturated heterocycles. The molecule has 3 rings (SSSR count). The Balaban J connectivity index is 1.55. The minimum Gasteiger partial charge on any atom is -0.357 e. The summed E-state index contributed by atoms with van der Waals surface area (Å²) in [5, 5.41) is 0. The molecule has 0 aromatic heterocycles. The Bertz CT molecular complexity index is 449. The van der Waals surface area contributed by atoms with E-state index in [1.807, 2.05) is 11.0 Å². The molecule has 0 N–H and O–H groups in total. The zero-order valence-corrected chi connectivity index (χ0v) is 11.8. The van der Waals surface area contributed by atoms with E-state index in [1.165, 1.54) is 5.56 Å². The van der Waals surface area contributed by atoms with Gasteiger partial charge in [-0.3, -0.25) is 9.69 Å². The lowest BCUT2D eigenvalue weighted by molar-refractivity contribution is -0.140. The molecule has 1 aromatic rings. The average molecular weight is 274 g/mol. The third kappa shape index (κ3) is 3.19. The van der Waals surface area contributed by atoms with Crippen LogP contribution in [0.15, 0.2) is 30.3 Å². The number of benzene rings is 1. The summed E-state index contributed by atoms with van der Waals surface area (Å²) in [6.45, 7) is 4.46. The Morgan fingerprint density at radius 2 is 2.00 bits per heavy atom. The van der Waals surface area contributed by atoms with Crippen LogP contribution in [0, 0.1) is 0 Å². The minimum absolute atomic E-state index is 0.00854. The molecule has 0 saturated carbocycles. The Hall–Kier alpha value is -1.39. The van der Waals surface area contributed by atoms with Crippen LogP contribution in [-0.2, 0) is 16.1 Å². The molecule has 2 fully saturated rings.